The van der Waals surface area contributed by atoms with Gasteiger partial charge < -0.3 is 19.9 Å². The van der Waals surface area contributed by atoms with Crippen LogP contribution in [0.5, 0.6) is 17.2 Å². The summed E-state index contributed by atoms with van der Waals surface area (Å²) in [5.74, 6) is 4.14. The standard InChI is InChI=1S/C20H25NO3S2/c1-14(12-25-19-9-5-7-17(23-2)20(19)22)10-21-15-11-24-16-6-3-4-8-18(16)26-13-15/h3-9,14-15,21-22H,10-13H2,1-2H3/t14-,15+/m0/s1. The van der Waals surface area contributed by atoms with Gasteiger partial charge in [-0.1, -0.05) is 25.1 Å². The van der Waals surface area contributed by atoms with E-state index in [1.54, 1.807) is 24.9 Å². The van der Waals surface area contributed by atoms with Gasteiger partial charge in [0.25, 0.3) is 0 Å². The van der Waals surface area contributed by atoms with E-state index >= 15 is 0 Å². The number of fused-ring (bicyclic) bond motifs is 1. The lowest BCUT2D eigenvalue weighted by molar-refractivity contribution is 0.270. The van der Waals surface area contributed by atoms with Gasteiger partial charge in [-0.15, -0.1) is 23.5 Å². The van der Waals surface area contributed by atoms with E-state index in [1.165, 1.54) is 4.90 Å². The fraction of sp³-hybridized carbons (Fsp3) is 0.400. The van der Waals surface area contributed by atoms with Crippen LogP contribution in [-0.2, 0) is 0 Å². The zero-order valence-corrected chi connectivity index (χ0v) is 16.7. The lowest BCUT2D eigenvalue weighted by Gasteiger charge is -2.19. The second-order valence-corrected chi connectivity index (χ2v) is 8.52. The number of thioether (sulfide) groups is 2. The van der Waals surface area contributed by atoms with Gasteiger partial charge in [-0.05, 0) is 36.7 Å². The lowest BCUT2D eigenvalue weighted by Crippen LogP contribution is -2.39. The molecule has 2 atom stereocenters. The molecule has 3 rings (SSSR count). The van der Waals surface area contributed by atoms with Crippen LogP contribution >= 0.6 is 23.5 Å². The Kier molecular flexibility index (Phi) is 7.00. The number of para-hydroxylation sites is 2. The highest BCUT2D eigenvalue weighted by Gasteiger charge is 2.18. The Morgan fingerprint density at radius 2 is 2.15 bits per heavy atom. The van der Waals surface area contributed by atoms with E-state index in [0.29, 0.717) is 24.3 Å². The van der Waals surface area contributed by atoms with Crippen molar-refractivity contribution in [3.63, 3.8) is 0 Å². The Balaban J connectivity index is 1.44. The minimum Gasteiger partial charge on any atom is -0.503 e. The maximum absolute atomic E-state index is 10.2. The van der Waals surface area contributed by atoms with Crippen molar-refractivity contribution in [3.05, 3.63) is 42.5 Å². The molecule has 2 N–H and O–H groups in total. The molecule has 1 aliphatic rings. The molecular weight excluding hydrogens is 366 g/mol. The molecule has 2 aromatic rings. The normalized spacial score (nSPS) is 17.7. The molecule has 0 spiro atoms. The average molecular weight is 392 g/mol. The van der Waals surface area contributed by atoms with Crippen LogP contribution in [0.2, 0.25) is 0 Å². The first-order valence-corrected chi connectivity index (χ1v) is 10.7. The van der Waals surface area contributed by atoms with Gasteiger partial charge in [-0.3, -0.25) is 0 Å². The van der Waals surface area contributed by atoms with Crippen LogP contribution in [0.4, 0.5) is 0 Å². The minimum absolute atomic E-state index is 0.228. The molecule has 0 saturated heterocycles. The molecule has 6 heteroatoms. The van der Waals surface area contributed by atoms with Gasteiger partial charge in [0.05, 0.1) is 18.0 Å². The third-order valence-corrected chi connectivity index (χ3v) is 6.78. The Hall–Kier alpha value is -1.50. The van der Waals surface area contributed by atoms with E-state index in [4.69, 9.17) is 9.47 Å². The predicted molar refractivity (Wildman–Crippen MR) is 109 cm³/mol. The highest BCUT2D eigenvalue weighted by Crippen LogP contribution is 2.37. The van der Waals surface area contributed by atoms with Gasteiger partial charge in [0.1, 0.15) is 12.4 Å². The second-order valence-electron chi connectivity index (χ2n) is 6.40. The summed E-state index contributed by atoms with van der Waals surface area (Å²) in [7, 11) is 1.57. The van der Waals surface area contributed by atoms with Crippen LogP contribution in [-0.4, -0.2) is 42.9 Å². The largest absolute Gasteiger partial charge is 0.503 e. The highest BCUT2D eigenvalue weighted by atomic mass is 32.2. The molecule has 0 bridgehead atoms. The quantitative estimate of drug-likeness (QED) is 0.688. The summed E-state index contributed by atoms with van der Waals surface area (Å²) in [6.45, 7) is 3.83. The van der Waals surface area contributed by atoms with E-state index in [0.717, 1.165) is 28.7 Å². The molecule has 2 aromatic carbocycles. The lowest BCUT2D eigenvalue weighted by atomic mass is 10.2. The van der Waals surface area contributed by atoms with Crippen LogP contribution in [0.3, 0.4) is 0 Å². The van der Waals surface area contributed by atoms with Crippen molar-refractivity contribution < 1.29 is 14.6 Å². The first-order chi connectivity index (χ1) is 12.7. The van der Waals surface area contributed by atoms with E-state index < -0.39 is 0 Å². The van der Waals surface area contributed by atoms with Crippen molar-refractivity contribution in [2.75, 3.05) is 31.8 Å². The summed E-state index contributed by atoms with van der Waals surface area (Å²) in [5.41, 5.74) is 0. The molecule has 1 heterocycles. The molecule has 0 radical (unpaired) electrons. The summed E-state index contributed by atoms with van der Waals surface area (Å²) >= 11 is 3.50. The summed E-state index contributed by atoms with van der Waals surface area (Å²) in [4.78, 5) is 2.08. The van der Waals surface area contributed by atoms with Crippen molar-refractivity contribution in [2.24, 2.45) is 5.92 Å². The van der Waals surface area contributed by atoms with E-state index in [1.807, 2.05) is 36.0 Å². The Labute approximate surface area is 163 Å². The first kappa shape index (κ1) is 19.3. The number of rotatable bonds is 7. The summed E-state index contributed by atoms with van der Waals surface area (Å²) in [6.07, 6.45) is 0. The molecule has 0 unspecified atom stereocenters. The van der Waals surface area contributed by atoms with E-state index in [9.17, 15) is 5.11 Å². The molecule has 0 fully saturated rings. The number of phenolic OH excluding ortho intramolecular Hbond substituents is 1. The molecule has 0 aromatic heterocycles. The Bertz CT molecular complexity index is 699. The monoisotopic (exact) mass is 391 g/mol. The van der Waals surface area contributed by atoms with Crippen molar-refractivity contribution in [1.82, 2.24) is 5.32 Å². The Morgan fingerprint density at radius 1 is 1.31 bits per heavy atom. The van der Waals surface area contributed by atoms with Gasteiger partial charge in [-0.2, -0.15) is 0 Å². The van der Waals surface area contributed by atoms with Crippen LogP contribution in [0.25, 0.3) is 0 Å². The molecule has 0 aliphatic carbocycles. The van der Waals surface area contributed by atoms with Crippen molar-refractivity contribution in [1.29, 1.82) is 0 Å². The fourth-order valence-electron chi connectivity index (χ4n) is 2.68. The van der Waals surface area contributed by atoms with E-state index in [-0.39, 0.29) is 5.75 Å². The molecule has 140 valence electrons. The van der Waals surface area contributed by atoms with Gasteiger partial charge in [0.2, 0.25) is 0 Å². The van der Waals surface area contributed by atoms with E-state index in [2.05, 4.69) is 24.4 Å². The molecule has 26 heavy (non-hydrogen) atoms. The molecule has 0 amide bonds. The number of aromatic hydroxyl groups is 1. The molecule has 4 nitrogen and oxygen atoms in total. The van der Waals surface area contributed by atoms with Crippen LogP contribution in [0.15, 0.2) is 52.3 Å². The van der Waals surface area contributed by atoms with Crippen molar-refractivity contribution in [3.8, 4) is 17.2 Å². The maximum atomic E-state index is 10.2. The van der Waals surface area contributed by atoms with Crippen molar-refractivity contribution in [2.45, 2.75) is 22.8 Å². The van der Waals surface area contributed by atoms with Gasteiger partial charge in [0.15, 0.2) is 11.5 Å². The van der Waals surface area contributed by atoms with Crippen LogP contribution in [0.1, 0.15) is 6.92 Å². The Morgan fingerprint density at radius 3 is 3.00 bits per heavy atom. The smallest absolute Gasteiger partial charge is 0.171 e. The van der Waals surface area contributed by atoms with Gasteiger partial charge in [-0.25, -0.2) is 0 Å². The second kappa shape index (κ2) is 9.44. The summed E-state index contributed by atoms with van der Waals surface area (Å²) in [5, 5.41) is 13.8. The predicted octanol–water partition coefficient (Wildman–Crippen LogP) is 4.27. The third kappa shape index (κ3) is 5.02. The number of hydrogen-bond acceptors (Lipinski definition) is 6. The summed E-state index contributed by atoms with van der Waals surface area (Å²) < 4.78 is 11.1. The zero-order valence-electron chi connectivity index (χ0n) is 15.1. The SMILES string of the molecule is COc1cccc(SC[C@@H](C)CN[C@@H]2COc3ccccc3SC2)c1O. The van der Waals surface area contributed by atoms with Crippen molar-refractivity contribution >= 4 is 23.5 Å². The first-order valence-electron chi connectivity index (χ1n) is 8.74. The third-order valence-electron chi connectivity index (χ3n) is 4.19. The van der Waals surface area contributed by atoms with Crippen LogP contribution < -0.4 is 14.8 Å². The average Bonchev–Trinajstić information content (AvgIpc) is 2.88. The number of ether oxygens (including phenoxy) is 2. The number of methoxy groups -OCH3 is 1. The maximum Gasteiger partial charge on any atom is 0.171 e. The van der Waals surface area contributed by atoms with Gasteiger partial charge in [0, 0.05) is 16.4 Å². The molecule has 0 saturated carbocycles. The highest BCUT2D eigenvalue weighted by molar-refractivity contribution is 7.99. The summed E-state index contributed by atoms with van der Waals surface area (Å²) in [6, 6.07) is 14.2. The molecular formula is C20H25NO3S2. The molecule has 1 aliphatic heterocycles. The minimum atomic E-state index is 0.228. The number of hydrogen-bond donors (Lipinski definition) is 2. The number of nitrogens with one attached hydrogen (secondary N) is 1. The number of phenols is 1. The zero-order chi connectivity index (χ0) is 18.4. The van der Waals surface area contributed by atoms with Gasteiger partial charge >= 0.3 is 0 Å². The fourth-order valence-corrected chi connectivity index (χ4v) is 4.71. The topological polar surface area (TPSA) is 50.7 Å². The van der Waals surface area contributed by atoms with Crippen LogP contribution in [0, 0.1) is 5.92 Å². The number of benzene rings is 2.